The Hall–Kier alpha value is -5.24. The van der Waals surface area contributed by atoms with Crippen molar-refractivity contribution in [1.29, 1.82) is 0 Å². The molecule has 0 saturated carbocycles. The van der Waals surface area contributed by atoms with E-state index in [4.69, 9.17) is 25.8 Å². The maximum absolute atomic E-state index is 15.6. The molecule has 278 valence electrons. The van der Waals surface area contributed by atoms with Crippen LogP contribution in [0.25, 0.3) is 33.2 Å². The number of halogens is 3. The van der Waals surface area contributed by atoms with E-state index in [2.05, 4.69) is 22.2 Å². The summed E-state index contributed by atoms with van der Waals surface area (Å²) in [6.07, 6.45) is 2.68. The molecule has 0 spiro atoms. The number of carbonyl (C=O) groups is 3. The number of carbonyl (C=O) groups excluding carboxylic acids is 3. The molecule has 0 unspecified atom stereocenters. The first kappa shape index (κ1) is 35.8. The quantitative estimate of drug-likeness (QED) is 0.169. The number of hydrogen-bond donors (Lipinski definition) is 1. The molecule has 3 aliphatic rings. The van der Waals surface area contributed by atoms with Gasteiger partial charge in [-0.05, 0) is 36.8 Å². The fraction of sp³-hybridized carbons (Fsp3) is 0.325. The Morgan fingerprint density at radius 3 is 2.52 bits per heavy atom. The van der Waals surface area contributed by atoms with Crippen molar-refractivity contribution in [3.05, 3.63) is 95.7 Å². The molecule has 1 N–H and O–H groups in total. The van der Waals surface area contributed by atoms with E-state index in [0.29, 0.717) is 51.7 Å². The van der Waals surface area contributed by atoms with Crippen LogP contribution in [0.2, 0.25) is 5.02 Å². The Morgan fingerprint density at radius 1 is 0.981 bits per heavy atom. The standard InChI is InChI=1S/C40H36ClF2N5O6/c1-21-19-52-38-34(20-53-37(21)38)54-40-44-14-24(15-45-40)23-10-11-32-28(12-23)29(22(2)49)17-47(32)18-35(50)48-16-25(42)13-33(48)39(51)46-31-9-5-7-27(36(31)43)26-6-3-4-8-30(26)41/h3-12,14-15,17,21,25,33-34,37-38H,13,16,18-20H2,1-2H3,(H,46,51)/t21-,25-,33+,34-,37-,38-/m1/s1. The Morgan fingerprint density at radius 2 is 1.74 bits per heavy atom. The average Bonchev–Trinajstić information content (AvgIpc) is 3.94. The summed E-state index contributed by atoms with van der Waals surface area (Å²) in [5.41, 5.74) is 2.91. The number of ether oxygens (including phenoxy) is 3. The van der Waals surface area contributed by atoms with E-state index in [1.165, 1.54) is 17.9 Å². The molecule has 6 atom stereocenters. The number of benzene rings is 3. The fourth-order valence-electron chi connectivity index (χ4n) is 7.58. The molecule has 2 amide bonds. The van der Waals surface area contributed by atoms with Crippen LogP contribution in [0.5, 0.6) is 6.01 Å². The van der Waals surface area contributed by atoms with E-state index >= 15 is 4.39 Å². The topological polar surface area (TPSA) is 125 Å². The molecule has 0 radical (unpaired) electrons. The van der Waals surface area contributed by atoms with Crippen LogP contribution in [0.1, 0.15) is 30.6 Å². The summed E-state index contributed by atoms with van der Waals surface area (Å²) >= 11 is 6.29. The number of likely N-dealkylation sites (tertiary alicyclic amines) is 1. The zero-order valence-corrected chi connectivity index (χ0v) is 30.1. The number of anilines is 1. The molecule has 8 rings (SSSR count). The van der Waals surface area contributed by atoms with Crippen LogP contribution < -0.4 is 10.1 Å². The molecule has 5 heterocycles. The fourth-order valence-corrected chi connectivity index (χ4v) is 7.82. The summed E-state index contributed by atoms with van der Waals surface area (Å²) in [5, 5.41) is 3.49. The van der Waals surface area contributed by atoms with Crippen LogP contribution in [-0.2, 0) is 25.6 Å². The van der Waals surface area contributed by atoms with Crippen molar-refractivity contribution in [1.82, 2.24) is 19.4 Å². The molecular weight excluding hydrogens is 720 g/mol. The van der Waals surface area contributed by atoms with Gasteiger partial charge in [0.25, 0.3) is 0 Å². The molecule has 3 aliphatic heterocycles. The van der Waals surface area contributed by atoms with Gasteiger partial charge in [-0.1, -0.05) is 54.9 Å². The molecule has 3 fully saturated rings. The highest BCUT2D eigenvalue weighted by molar-refractivity contribution is 6.33. The van der Waals surface area contributed by atoms with Crippen molar-refractivity contribution in [2.75, 3.05) is 25.1 Å². The third-order valence-corrected chi connectivity index (χ3v) is 10.7. The molecule has 14 heteroatoms. The van der Waals surface area contributed by atoms with E-state index in [0.717, 1.165) is 5.56 Å². The lowest BCUT2D eigenvalue weighted by Crippen LogP contribution is -2.44. The molecule has 2 aromatic heterocycles. The third kappa shape index (κ3) is 6.71. The minimum absolute atomic E-state index is 0.00318. The van der Waals surface area contributed by atoms with Crippen LogP contribution in [0, 0.1) is 11.7 Å². The molecule has 5 aromatic rings. The predicted octanol–water partition coefficient (Wildman–Crippen LogP) is 6.52. The van der Waals surface area contributed by atoms with Gasteiger partial charge in [0.15, 0.2) is 17.7 Å². The van der Waals surface area contributed by atoms with Gasteiger partial charge in [-0.25, -0.2) is 18.7 Å². The van der Waals surface area contributed by atoms with Gasteiger partial charge in [0, 0.05) is 69.1 Å². The van der Waals surface area contributed by atoms with Gasteiger partial charge in [-0.15, -0.1) is 0 Å². The van der Waals surface area contributed by atoms with Crippen molar-refractivity contribution < 1.29 is 37.4 Å². The Kier molecular flexibility index (Phi) is 9.63. The lowest BCUT2D eigenvalue weighted by molar-refractivity contribution is -0.137. The number of rotatable bonds is 9. The highest BCUT2D eigenvalue weighted by atomic mass is 35.5. The number of ketones is 1. The summed E-state index contributed by atoms with van der Waals surface area (Å²) in [5.74, 6) is -1.87. The summed E-state index contributed by atoms with van der Waals surface area (Å²) in [6.45, 7) is 3.97. The second-order valence-electron chi connectivity index (χ2n) is 14.0. The summed E-state index contributed by atoms with van der Waals surface area (Å²) in [6, 6.07) is 15.7. The van der Waals surface area contributed by atoms with Crippen molar-refractivity contribution >= 4 is 45.8 Å². The highest BCUT2D eigenvalue weighted by Crippen LogP contribution is 2.35. The first-order chi connectivity index (χ1) is 26.0. The largest absolute Gasteiger partial charge is 0.455 e. The number of nitrogens with zero attached hydrogens (tertiary/aromatic N) is 4. The normalized spacial score (nSPS) is 23.5. The van der Waals surface area contributed by atoms with Gasteiger partial charge in [0.2, 0.25) is 11.8 Å². The summed E-state index contributed by atoms with van der Waals surface area (Å²) in [4.78, 5) is 50.0. The third-order valence-electron chi connectivity index (χ3n) is 10.3. The van der Waals surface area contributed by atoms with E-state index in [9.17, 15) is 18.8 Å². The predicted molar refractivity (Wildman–Crippen MR) is 197 cm³/mol. The summed E-state index contributed by atoms with van der Waals surface area (Å²) < 4.78 is 49.8. The van der Waals surface area contributed by atoms with Crippen LogP contribution in [0.15, 0.2) is 79.3 Å². The number of aromatic nitrogens is 3. The van der Waals surface area contributed by atoms with Crippen LogP contribution >= 0.6 is 11.6 Å². The number of fused-ring (bicyclic) bond motifs is 2. The molecule has 54 heavy (non-hydrogen) atoms. The van der Waals surface area contributed by atoms with Crippen LogP contribution in [-0.4, -0.2) is 87.3 Å². The van der Waals surface area contributed by atoms with Crippen LogP contribution in [0.3, 0.4) is 0 Å². The van der Waals surface area contributed by atoms with E-state index in [1.54, 1.807) is 65.6 Å². The first-order valence-corrected chi connectivity index (χ1v) is 18.1. The monoisotopic (exact) mass is 755 g/mol. The Bertz CT molecular complexity index is 2270. The molecule has 0 bridgehead atoms. The van der Waals surface area contributed by atoms with Crippen LogP contribution in [0.4, 0.5) is 14.5 Å². The molecule has 3 saturated heterocycles. The van der Waals surface area contributed by atoms with Crippen molar-refractivity contribution in [2.24, 2.45) is 5.92 Å². The SMILES string of the molecule is CC(=O)c1cn(CC(=O)N2C[C@H](F)C[C@H]2C(=O)Nc2cccc(-c3ccccc3Cl)c2F)c2ccc(-c3cnc(O[C@@H]4CO[C@H]5[C@@H]4OC[C@H]5C)nc3)cc12. The van der Waals surface area contributed by atoms with Gasteiger partial charge in [0.1, 0.15) is 24.9 Å². The minimum atomic E-state index is -1.46. The Balaban J connectivity index is 0.985. The number of hydrogen-bond acceptors (Lipinski definition) is 8. The van der Waals surface area contributed by atoms with Gasteiger partial charge in [-0.3, -0.25) is 14.4 Å². The van der Waals surface area contributed by atoms with Gasteiger partial charge < -0.3 is 29.0 Å². The molecule has 0 aliphatic carbocycles. The zero-order valence-electron chi connectivity index (χ0n) is 29.4. The number of alkyl halides is 1. The number of amides is 2. The Labute approximate surface area is 314 Å². The van der Waals surface area contributed by atoms with Crippen molar-refractivity contribution in [3.8, 4) is 28.3 Å². The van der Waals surface area contributed by atoms with Crippen molar-refractivity contribution in [3.63, 3.8) is 0 Å². The second-order valence-corrected chi connectivity index (χ2v) is 14.4. The van der Waals surface area contributed by atoms with Crippen molar-refractivity contribution in [2.45, 2.75) is 57.3 Å². The maximum Gasteiger partial charge on any atom is 0.316 e. The lowest BCUT2D eigenvalue weighted by atomic mass is 10.0. The molecular formula is C40H36ClF2N5O6. The zero-order chi connectivity index (χ0) is 37.7. The molecule has 11 nitrogen and oxygen atoms in total. The van der Waals surface area contributed by atoms with E-state index in [-0.39, 0.29) is 60.9 Å². The first-order valence-electron chi connectivity index (χ1n) is 17.7. The lowest BCUT2D eigenvalue weighted by Gasteiger charge is -2.24. The van der Waals surface area contributed by atoms with Gasteiger partial charge in [-0.2, -0.15) is 0 Å². The minimum Gasteiger partial charge on any atom is -0.455 e. The smallest absolute Gasteiger partial charge is 0.316 e. The van der Waals surface area contributed by atoms with Gasteiger partial charge >= 0.3 is 6.01 Å². The van der Waals surface area contributed by atoms with Gasteiger partial charge in [0.05, 0.1) is 31.5 Å². The number of nitrogens with one attached hydrogen (secondary N) is 1. The second kappa shape index (κ2) is 14.5. The summed E-state index contributed by atoms with van der Waals surface area (Å²) in [7, 11) is 0. The number of Topliss-reactive ketones (excluding diaryl/α,β-unsaturated/α-hetero) is 1. The van der Waals surface area contributed by atoms with E-state index in [1.807, 2.05) is 12.1 Å². The highest BCUT2D eigenvalue weighted by Gasteiger charge is 2.47. The van der Waals surface area contributed by atoms with E-state index < -0.39 is 29.8 Å². The average molecular weight is 756 g/mol. The molecule has 3 aromatic carbocycles. The maximum atomic E-state index is 15.6.